The van der Waals surface area contributed by atoms with Gasteiger partial charge in [0, 0.05) is 13.1 Å². The molecule has 0 N–H and O–H groups in total. The number of alkyl halides is 3. The van der Waals surface area contributed by atoms with E-state index in [0.717, 1.165) is 22.5 Å². The highest BCUT2D eigenvalue weighted by molar-refractivity contribution is 7.89. The summed E-state index contributed by atoms with van der Waals surface area (Å²) < 4.78 is 89.9. The number of benzene rings is 2. The largest absolute Gasteiger partial charge is 0.487 e. The number of ether oxygens (including phenoxy) is 2. The summed E-state index contributed by atoms with van der Waals surface area (Å²) in [5.74, 6) is -1.66. The van der Waals surface area contributed by atoms with Gasteiger partial charge in [0.15, 0.2) is 11.6 Å². The van der Waals surface area contributed by atoms with Crippen molar-refractivity contribution >= 4 is 16.0 Å². The molecule has 0 saturated carbocycles. The lowest BCUT2D eigenvalue weighted by Crippen LogP contribution is -2.41. The van der Waals surface area contributed by atoms with E-state index in [0.29, 0.717) is 0 Å². The SMILES string of the molecule is O=C(OCCOc1ccccc1F)C1CCN(S(=O)(=O)c2ccccc2C(F)(F)F)CC1. The van der Waals surface area contributed by atoms with Crippen molar-refractivity contribution in [2.75, 3.05) is 26.3 Å². The summed E-state index contributed by atoms with van der Waals surface area (Å²) in [4.78, 5) is 11.4. The van der Waals surface area contributed by atoms with Crippen LogP contribution in [0.4, 0.5) is 17.6 Å². The summed E-state index contributed by atoms with van der Waals surface area (Å²) in [6.45, 7) is -0.404. The summed E-state index contributed by atoms with van der Waals surface area (Å²) >= 11 is 0. The first-order valence-corrected chi connectivity index (χ1v) is 11.2. The topological polar surface area (TPSA) is 72.9 Å². The first-order chi connectivity index (χ1) is 15.1. The Morgan fingerprint density at radius 2 is 1.62 bits per heavy atom. The molecule has 0 bridgehead atoms. The number of carbonyl (C=O) groups is 1. The Hall–Kier alpha value is -2.66. The zero-order valence-corrected chi connectivity index (χ0v) is 17.7. The lowest BCUT2D eigenvalue weighted by Gasteiger charge is -2.30. The van der Waals surface area contributed by atoms with E-state index in [1.165, 1.54) is 24.3 Å². The molecule has 0 radical (unpaired) electrons. The Balaban J connectivity index is 1.52. The second kappa shape index (κ2) is 9.86. The number of esters is 1. The number of halogens is 4. The Morgan fingerprint density at radius 3 is 2.28 bits per heavy atom. The van der Waals surface area contributed by atoms with Crippen molar-refractivity contribution in [1.29, 1.82) is 0 Å². The van der Waals surface area contributed by atoms with Gasteiger partial charge in [0.05, 0.1) is 16.4 Å². The van der Waals surface area contributed by atoms with Crippen molar-refractivity contribution in [1.82, 2.24) is 4.31 Å². The minimum atomic E-state index is -4.81. The molecule has 0 atom stereocenters. The minimum absolute atomic E-state index is 0.0289. The number of carbonyl (C=O) groups excluding carboxylic acids is 1. The van der Waals surface area contributed by atoms with E-state index < -0.39 is 44.4 Å². The zero-order chi connectivity index (χ0) is 23.4. The van der Waals surface area contributed by atoms with Crippen molar-refractivity contribution < 1.29 is 40.2 Å². The molecule has 6 nitrogen and oxygen atoms in total. The van der Waals surface area contributed by atoms with Crippen LogP contribution in [-0.2, 0) is 25.7 Å². The van der Waals surface area contributed by atoms with Crippen LogP contribution in [0, 0.1) is 11.7 Å². The highest BCUT2D eigenvalue weighted by Crippen LogP contribution is 2.36. The van der Waals surface area contributed by atoms with Crippen LogP contribution in [0.15, 0.2) is 53.4 Å². The molecule has 0 aliphatic carbocycles. The molecule has 1 saturated heterocycles. The third kappa shape index (κ3) is 5.57. The maximum absolute atomic E-state index is 13.5. The van der Waals surface area contributed by atoms with Gasteiger partial charge in [-0.05, 0) is 37.1 Å². The molecule has 2 aromatic carbocycles. The second-order valence-corrected chi connectivity index (χ2v) is 9.03. The molecule has 11 heteroatoms. The van der Waals surface area contributed by atoms with Crippen LogP contribution in [0.3, 0.4) is 0 Å². The summed E-state index contributed by atoms with van der Waals surface area (Å²) in [7, 11) is -4.37. The number of rotatable bonds is 7. The van der Waals surface area contributed by atoms with Crippen LogP contribution >= 0.6 is 0 Å². The predicted molar refractivity (Wildman–Crippen MR) is 106 cm³/mol. The van der Waals surface area contributed by atoms with Crippen molar-refractivity contribution in [2.24, 2.45) is 5.92 Å². The van der Waals surface area contributed by atoms with Crippen LogP contribution in [0.2, 0.25) is 0 Å². The van der Waals surface area contributed by atoms with Gasteiger partial charge in [0.1, 0.15) is 13.2 Å². The molecule has 1 aliphatic rings. The van der Waals surface area contributed by atoms with Gasteiger partial charge >= 0.3 is 12.1 Å². The van der Waals surface area contributed by atoms with Gasteiger partial charge in [-0.15, -0.1) is 0 Å². The Bertz CT molecular complexity index is 1050. The first-order valence-electron chi connectivity index (χ1n) is 9.81. The van der Waals surface area contributed by atoms with Crippen LogP contribution in [0.1, 0.15) is 18.4 Å². The Kier molecular flexibility index (Phi) is 7.40. The third-order valence-corrected chi connectivity index (χ3v) is 6.98. The lowest BCUT2D eigenvalue weighted by atomic mass is 9.98. The van der Waals surface area contributed by atoms with Crippen LogP contribution < -0.4 is 4.74 Å². The maximum atomic E-state index is 13.5. The number of hydrogen-bond acceptors (Lipinski definition) is 5. The van der Waals surface area contributed by atoms with E-state index in [1.54, 1.807) is 6.07 Å². The van der Waals surface area contributed by atoms with Gasteiger partial charge in [-0.1, -0.05) is 24.3 Å². The molecule has 1 fully saturated rings. The van der Waals surface area contributed by atoms with Gasteiger partial charge in [-0.3, -0.25) is 4.79 Å². The zero-order valence-electron chi connectivity index (χ0n) is 16.8. The number of hydrogen-bond donors (Lipinski definition) is 0. The highest BCUT2D eigenvalue weighted by Gasteiger charge is 2.40. The quantitative estimate of drug-likeness (QED) is 0.345. The van der Waals surface area contributed by atoms with Crippen LogP contribution in [0.25, 0.3) is 0 Å². The smallest absolute Gasteiger partial charge is 0.417 e. The van der Waals surface area contributed by atoms with E-state index in [-0.39, 0.29) is 44.9 Å². The average molecular weight is 475 g/mol. The van der Waals surface area contributed by atoms with Crippen molar-refractivity contribution in [3.8, 4) is 5.75 Å². The standard InChI is InChI=1S/C21H21F4NO5S/c22-17-6-2-3-7-18(17)30-13-14-31-20(27)15-9-11-26(12-10-15)32(28,29)19-8-4-1-5-16(19)21(23,24)25/h1-8,15H,9-14H2. The van der Waals surface area contributed by atoms with Gasteiger partial charge in [0.25, 0.3) is 0 Å². The van der Waals surface area contributed by atoms with E-state index in [2.05, 4.69) is 0 Å². The predicted octanol–water partition coefficient (Wildman–Crippen LogP) is 3.87. The minimum Gasteiger partial charge on any atom is -0.487 e. The van der Waals surface area contributed by atoms with Crippen LogP contribution in [-0.4, -0.2) is 45.0 Å². The van der Waals surface area contributed by atoms with E-state index in [4.69, 9.17) is 9.47 Å². The summed E-state index contributed by atoms with van der Waals surface area (Å²) in [6, 6.07) is 9.78. The fourth-order valence-corrected chi connectivity index (χ4v) is 5.05. The molecule has 0 spiro atoms. The number of piperidine rings is 1. The number of sulfonamides is 1. The van der Waals surface area contributed by atoms with Crippen molar-refractivity contribution in [3.63, 3.8) is 0 Å². The second-order valence-electron chi connectivity index (χ2n) is 7.12. The van der Waals surface area contributed by atoms with Gasteiger partial charge < -0.3 is 9.47 Å². The monoisotopic (exact) mass is 475 g/mol. The molecule has 0 unspecified atom stereocenters. The van der Waals surface area contributed by atoms with Crippen LogP contribution in [0.5, 0.6) is 5.75 Å². The summed E-state index contributed by atoms with van der Waals surface area (Å²) in [6.07, 6.45) is -4.59. The number of nitrogens with zero attached hydrogens (tertiary/aromatic N) is 1. The molecule has 2 aromatic rings. The van der Waals surface area contributed by atoms with Crippen molar-refractivity contribution in [2.45, 2.75) is 23.9 Å². The van der Waals surface area contributed by atoms with E-state index >= 15 is 0 Å². The molecule has 0 amide bonds. The molecule has 1 aliphatic heterocycles. The molecule has 32 heavy (non-hydrogen) atoms. The van der Waals surface area contributed by atoms with Gasteiger partial charge in [-0.25, -0.2) is 12.8 Å². The Labute approximate surface area is 182 Å². The normalized spacial score (nSPS) is 16.0. The molecule has 3 rings (SSSR count). The van der Waals surface area contributed by atoms with Gasteiger partial charge in [-0.2, -0.15) is 17.5 Å². The maximum Gasteiger partial charge on any atom is 0.417 e. The molecule has 1 heterocycles. The van der Waals surface area contributed by atoms with Crippen molar-refractivity contribution in [3.05, 3.63) is 59.9 Å². The molecule has 0 aromatic heterocycles. The fourth-order valence-electron chi connectivity index (χ4n) is 3.37. The molecular weight excluding hydrogens is 454 g/mol. The summed E-state index contributed by atoms with van der Waals surface area (Å²) in [5.41, 5.74) is -1.23. The Morgan fingerprint density at radius 1 is 1.00 bits per heavy atom. The van der Waals surface area contributed by atoms with E-state index in [1.807, 2.05) is 0 Å². The summed E-state index contributed by atoms with van der Waals surface area (Å²) in [5, 5.41) is 0. The molecule has 174 valence electrons. The third-order valence-electron chi connectivity index (χ3n) is 5.02. The lowest BCUT2D eigenvalue weighted by molar-refractivity contribution is -0.150. The van der Waals surface area contributed by atoms with E-state index in [9.17, 15) is 30.8 Å². The molecular formula is C21H21F4NO5S. The number of para-hydroxylation sites is 1. The fraction of sp³-hybridized carbons (Fsp3) is 0.381. The van der Waals surface area contributed by atoms with Gasteiger partial charge in [0.2, 0.25) is 10.0 Å². The average Bonchev–Trinajstić information content (AvgIpc) is 2.77. The highest BCUT2D eigenvalue weighted by atomic mass is 32.2. The first kappa shape index (κ1) is 24.0.